The number of aromatic nitrogens is 2. The van der Waals surface area contributed by atoms with Crippen LogP contribution in [0.25, 0.3) is 10.9 Å². The largest absolute Gasteiger partial charge is 0.488 e. The van der Waals surface area contributed by atoms with Crippen LogP contribution in [0.3, 0.4) is 0 Å². The highest BCUT2D eigenvalue weighted by molar-refractivity contribution is 6.05. The molecule has 5 aliphatic rings. The van der Waals surface area contributed by atoms with Gasteiger partial charge in [0.1, 0.15) is 29.8 Å². The first-order chi connectivity index (χ1) is 29.3. The molecule has 0 radical (unpaired) electrons. The zero-order valence-corrected chi connectivity index (χ0v) is 35.3. The topological polar surface area (TPSA) is 164 Å². The molecule has 2 N–H and O–H groups in total. The Morgan fingerprint density at radius 3 is 2.39 bits per heavy atom. The molecule has 14 nitrogen and oxygen atoms in total. The Morgan fingerprint density at radius 1 is 0.918 bits per heavy atom. The summed E-state index contributed by atoms with van der Waals surface area (Å²) in [5.41, 5.74) is 3.58. The van der Waals surface area contributed by atoms with Crippen molar-refractivity contribution in [2.24, 2.45) is 16.7 Å². The van der Waals surface area contributed by atoms with Crippen molar-refractivity contribution < 1.29 is 23.9 Å². The third-order valence-corrected chi connectivity index (χ3v) is 13.9. The molecule has 3 saturated heterocycles. The Morgan fingerprint density at radius 2 is 1.69 bits per heavy atom. The number of piperazine rings is 1. The van der Waals surface area contributed by atoms with E-state index >= 15 is 0 Å². The molecule has 4 aromatic rings. The molecule has 4 amide bonds. The predicted octanol–water partition coefficient (Wildman–Crippen LogP) is 4.91. The highest BCUT2D eigenvalue weighted by Gasteiger charge is 2.64. The summed E-state index contributed by atoms with van der Waals surface area (Å²) >= 11 is 0. The molecule has 61 heavy (non-hydrogen) atoms. The molecule has 9 rings (SSSR count). The highest BCUT2D eigenvalue weighted by atomic mass is 16.5. The number of hydrogen-bond donors (Lipinski definition) is 2. The van der Waals surface area contributed by atoms with E-state index in [1.54, 1.807) is 23.4 Å². The third kappa shape index (κ3) is 7.43. The lowest BCUT2D eigenvalue weighted by Gasteiger charge is -2.63. The van der Waals surface area contributed by atoms with Crippen molar-refractivity contribution in [3.05, 3.63) is 89.2 Å². The van der Waals surface area contributed by atoms with Gasteiger partial charge in [-0.05, 0) is 85.3 Å². The van der Waals surface area contributed by atoms with Crippen LogP contribution in [-0.2, 0) is 16.1 Å². The summed E-state index contributed by atoms with van der Waals surface area (Å²) < 4.78 is 6.65. The number of amides is 4. The van der Waals surface area contributed by atoms with Crippen molar-refractivity contribution in [1.82, 2.24) is 30.4 Å². The van der Waals surface area contributed by atoms with Crippen LogP contribution in [0.4, 0.5) is 11.5 Å². The Kier molecular flexibility index (Phi) is 10.4. The van der Waals surface area contributed by atoms with Crippen LogP contribution in [0.1, 0.15) is 85.2 Å². The van der Waals surface area contributed by atoms with Gasteiger partial charge in [-0.3, -0.25) is 34.4 Å². The van der Waals surface area contributed by atoms with Crippen molar-refractivity contribution in [3.63, 3.8) is 0 Å². The molecule has 0 bridgehead atoms. The first-order valence-corrected chi connectivity index (χ1v) is 21.5. The minimum Gasteiger partial charge on any atom is -0.488 e. The van der Waals surface area contributed by atoms with Gasteiger partial charge in [0.15, 0.2) is 0 Å². The lowest BCUT2D eigenvalue weighted by atomic mass is 9.49. The van der Waals surface area contributed by atoms with E-state index in [9.17, 15) is 24.4 Å². The van der Waals surface area contributed by atoms with E-state index in [1.807, 2.05) is 42.5 Å². The average molecular weight is 824 g/mol. The standard InChI is InChI=1S/C47H53N9O5/c1-46(2)44(47(3,4)45(46)61-37-12-7-30(25-48)40-35(37)6-5-17-49-40)52-41(58)31-8-13-38(50-26-31)55-18-15-29(16-19-55)27-53-20-22-54(23-21-53)33-9-10-34-32(24-33)28-56(43(34)60)36-11-14-39(57)51-42(36)59/h5-10,12-13,17,24,26,29,36,44-45H,11,14-16,18-23,27-28H2,1-4H3,(H,52,58)(H,51,57,59)/t36-,44-,45-/m0/s1. The Bertz CT molecular complexity index is 2410. The highest BCUT2D eigenvalue weighted by Crippen LogP contribution is 2.56. The van der Waals surface area contributed by atoms with Gasteiger partial charge in [-0.2, -0.15) is 5.26 Å². The van der Waals surface area contributed by atoms with Gasteiger partial charge < -0.3 is 24.8 Å². The number of ether oxygens (including phenoxy) is 1. The molecule has 4 aliphatic heterocycles. The lowest BCUT2D eigenvalue weighted by molar-refractivity contribution is -0.163. The maximum absolute atomic E-state index is 13.6. The van der Waals surface area contributed by atoms with Crippen LogP contribution in [0.2, 0.25) is 0 Å². The van der Waals surface area contributed by atoms with E-state index in [-0.39, 0.29) is 53.0 Å². The average Bonchev–Trinajstić information content (AvgIpc) is 3.59. The van der Waals surface area contributed by atoms with Crippen molar-refractivity contribution in [2.75, 3.05) is 55.6 Å². The van der Waals surface area contributed by atoms with Gasteiger partial charge in [0.25, 0.3) is 11.8 Å². The number of benzene rings is 2. The number of nitrogens with one attached hydrogen (secondary N) is 2. The second-order valence-corrected chi connectivity index (χ2v) is 18.5. The molecule has 0 spiro atoms. The van der Waals surface area contributed by atoms with E-state index in [0.717, 1.165) is 81.1 Å². The number of rotatable bonds is 9. The molecule has 4 fully saturated rings. The zero-order valence-electron chi connectivity index (χ0n) is 35.3. The lowest BCUT2D eigenvalue weighted by Crippen LogP contribution is -2.74. The smallest absolute Gasteiger partial charge is 0.255 e. The van der Waals surface area contributed by atoms with E-state index in [2.05, 4.69) is 70.1 Å². The predicted molar refractivity (Wildman–Crippen MR) is 230 cm³/mol. The number of carbonyl (C=O) groups is 4. The Hall–Kier alpha value is -6.07. The Labute approximate surface area is 356 Å². The van der Waals surface area contributed by atoms with Crippen molar-refractivity contribution in [2.45, 2.75) is 78.1 Å². The van der Waals surface area contributed by atoms with Crippen LogP contribution in [-0.4, -0.2) is 107 Å². The van der Waals surface area contributed by atoms with E-state index in [0.29, 0.717) is 46.8 Å². The van der Waals surface area contributed by atoms with Gasteiger partial charge in [0.05, 0.1) is 16.6 Å². The summed E-state index contributed by atoms with van der Waals surface area (Å²) in [6.45, 7) is 15.5. The SMILES string of the molecule is CC1(C)[C@H](NC(=O)c2ccc(N3CCC(CN4CCN(c5ccc6c(c5)CN([C@H]5CCC(=O)NC5=O)C6=O)CC4)CC3)nc2)C(C)(C)[C@H]1Oc1ccc(C#N)c2ncccc12. The van der Waals surface area contributed by atoms with Crippen molar-refractivity contribution in [3.8, 4) is 11.8 Å². The van der Waals surface area contributed by atoms with Gasteiger partial charge in [-0.1, -0.05) is 27.7 Å². The molecule has 1 saturated carbocycles. The van der Waals surface area contributed by atoms with Gasteiger partial charge >= 0.3 is 0 Å². The number of nitrogens with zero attached hydrogens (tertiary/aromatic N) is 7. The third-order valence-electron chi connectivity index (χ3n) is 13.9. The molecule has 6 heterocycles. The fraction of sp³-hybridized carbons (Fsp3) is 0.468. The van der Waals surface area contributed by atoms with Gasteiger partial charge in [-0.15, -0.1) is 0 Å². The number of carbonyl (C=O) groups excluding carboxylic acids is 4. The fourth-order valence-corrected chi connectivity index (χ4v) is 10.8. The normalized spacial score (nSPS) is 23.9. The van der Waals surface area contributed by atoms with Gasteiger partial charge in [-0.25, -0.2) is 4.98 Å². The van der Waals surface area contributed by atoms with E-state index in [1.165, 1.54) is 0 Å². The first-order valence-electron chi connectivity index (χ1n) is 21.5. The van der Waals surface area contributed by atoms with Crippen molar-refractivity contribution >= 4 is 46.0 Å². The van der Waals surface area contributed by atoms with Gasteiger partial charge in [0, 0.05) is 105 Å². The number of nitriles is 1. The second-order valence-electron chi connectivity index (χ2n) is 18.5. The monoisotopic (exact) mass is 823 g/mol. The van der Waals surface area contributed by atoms with Crippen LogP contribution in [0.5, 0.6) is 5.75 Å². The minimum absolute atomic E-state index is 0.142. The molecule has 1 aliphatic carbocycles. The number of piperidine rings is 2. The molecule has 2 aromatic carbocycles. The fourth-order valence-electron chi connectivity index (χ4n) is 10.8. The molecule has 14 heteroatoms. The van der Waals surface area contributed by atoms with Crippen LogP contribution < -0.4 is 25.2 Å². The summed E-state index contributed by atoms with van der Waals surface area (Å²) in [7, 11) is 0. The zero-order chi connectivity index (χ0) is 42.6. The number of imide groups is 1. The minimum atomic E-state index is -0.606. The molecular formula is C47H53N9O5. The molecule has 0 unspecified atom stereocenters. The molecule has 1 atom stereocenters. The molecule has 2 aromatic heterocycles. The summed E-state index contributed by atoms with van der Waals surface area (Å²) in [6.07, 6.45) is 5.94. The summed E-state index contributed by atoms with van der Waals surface area (Å²) in [5, 5.41) is 16.0. The number of anilines is 2. The van der Waals surface area contributed by atoms with Crippen molar-refractivity contribution in [1.29, 1.82) is 5.26 Å². The second kappa shape index (κ2) is 15.8. The molecule has 316 valence electrons. The van der Waals surface area contributed by atoms with E-state index < -0.39 is 6.04 Å². The Balaban J connectivity index is 0.733. The first kappa shape index (κ1) is 40.3. The van der Waals surface area contributed by atoms with Crippen LogP contribution in [0.15, 0.2) is 67.0 Å². The number of pyridine rings is 2. The maximum Gasteiger partial charge on any atom is 0.255 e. The summed E-state index contributed by atoms with van der Waals surface area (Å²) in [5.74, 6) is 1.21. The molecular weight excluding hydrogens is 771 g/mol. The van der Waals surface area contributed by atoms with Gasteiger partial charge in [0.2, 0.25) is 11.8 Å². The maximum atomic E-state index is 13.6. The van der Waals surface area contributed by atoms with E-state index in [4.69, 9.17) is 9.72 Å². The van der Waals surface area contributed by atoms with Crippen LogP contribution >= 0.6 is 0 Å². The quantitative estimate of drug-likeness (QED) is 0.221. The summed E-state index contributed by atoms with van der Waals surface area (Å²) in [6, 6.07) is 18.7. The van der Waals surface area contributed by atoms with Crippen LogP contribution in [0, 0.1) is 28.1 Å². The summed E-state index contributed by atoms with van der Waals surface area (Å²) in [4.78, 5) is 68.9. The number of hydrogen-bond acceptors (Lipinski definition) is 11. The number of fused-ring (bicyclic) bond motifs is 2.